The first kappa shape index (κ1) is 25.8. The molecule has 0 unspecified atom stereocenters. The molecule has 1 aliphatic heterocycles. The molecule has 3 aromatic carbocycles. The molecule has 0 aliphatic carbocycles. The van der Waals surface area contributed by atoms with E-state index < -0.39 is 39.5 Å². The van der Waals surface area contributed by atoms with E-state index in [-0.39, 0.29) is 27.5 Å². The van der Waals surface area contributed by atoms with Gasteiger partial charge in [-0.3, -0.25) is 14.9 Å². The highest BCUT2D eigenvalue weighted by Crippen LogP contribution is 2.30. The molecule has 12 heteroatoms. The summed E-state index contributed by atoms with van der Waals surface area (Å²) in [6.07, 6.45) is 1.10. The summed E-state index contributed by atoms with van der Waals surface area (Å²) in [5.74, 6) is -3.35. The van der Waals surface area contributed by atoms with Crippen molar-refractivity contribution < 1.29 is 36.9 Å². The van der Waals surface area contributed by atoms with Crippen molar-refractivity contribution in [2.75, 3.05) is 4.90 Å². The maximum Gasteiger partial charge on any atom is 0.339 e. The van der Waals surface area contributed by atoms with Crippen molar-refractivity contribution in [1.82, 2.24) is 5.32 Å². The van der Waals surface area contributed by atoms with E-state index in [0.717, 1.165) is 11.6 Å². The van der Waals surface area contributed by atoms with Crippen LogP contribution in [0.15, 0.2) is 81.7 Å². The van der Waals surface area contributed by atoms with E-state index in [1.54, 1.807) is 19.1 Å². The fourth-order valence-electron chi connectivity index (χ4n) is 3.38. The zero-order chi connectivity index (χ0) is 26.9. The third-order valence-electron chi connectivity index (χ3n) is 5.25. The van der Waals surface area contributed by atoms with Gasteiger partial charge in [-0.25, -0.2) is 14.5 Å². The summed E-state index contributed by atoms with van der Waals surface area (Å²) in [6, 6.07) is 14.2. The van der Waals surface area contributed by atoms with Crippen LogP contribution in [-0.4, -0.2) is 37.3 Å². The number of carbonyl (C=O) groups is 4. The van der Waals surface area contributed by atoms with Crippen molar-refractivity contribution in [1.29, 1.82) is 0 Å². The molecular formula is C25H17BrN2O8S. The lowest BCUT2D eigenvalue weighted by atomic mass is 10.1. The largest absolute Gasteiger partial charge is 0.478 e. The fraction of sp³-hybridized carbons (Fsp3) is 0.0400. The second kappa shape index (κ2) is 9.99. The highest BCUT2D eigenvalue weighted by Gasteiger charge is 2.37. The number of urea groups is 1. The van der Waals surface area contributed by atoms with Gasteiger partial charge in [0.25, 0.3) is 11.8 Å². The molecular weight excluding hydrogens is 568 g/mol. The zero-order valence-electron chi connectivity index (χ0n) is 19.0. The maximum absolute atomic E-state index is 13.2. The first-order chi connectivity index (χ1) is 17.5. The number of aromatic carboxylic acids is 1. The standard InChI is InChI=1S/C25H17BrN2O8S/c1-14-2-9-19(10-3-14)37(34,35)36-21-11-6-17(26)12-16(21)13-20-22(29)27-25(33)28(23(20)30)18-7-4-15(5-8-18)24(31)32/h2-13H,1H3,(H,31,32)(H,27,29,33)/b20-13+. The molecule has 3 aromatic rings. The van der Waals surface area contributed by atoms with Gasteiger partial charge >= 0.3 is 22.1 Å². The minimum Gasteiger partial charge on any atom is -0.478 e. The van der Waals surface area contributed by atoms with Crippen LogP contribution in [0.5, 0.6) is 5.75 Å². The molecule has 4 amide bonds. The second-order valence-electron chi connectivity index (χ2n) is 7.84. The molecule has 10 nitrogen and oxygen atoms in total. The smallest absolute Gasteiger partial charge is 0.339 e. The number of imide groups is 2. The number of aryl methyl sites for hydroxylation is 1. The van der Waals surface area contributed by atoms with Crippen LogP contribution in [0.4, 0.5) is 10.5 Å². The Hall–Kier alpha value is -4.29. The molecule has 0 radical (unpaired) electrons. The average molecular weight is 585 g/mol. The first-order valence-electron chi connectivity index (χ1n) is 10.5. The van der Waals surface area contributed by atoms with Crippen molar-refractivity contribution >= 4 is 61.6 Å². The van der Waals surface area contributed by atoms with Crippen molar-refractivity contribution in [2.45, 2.75) is 11.8 Å². The molecule has 1 fully saturated rings. The van der Waals surface area contributed by atoms with Crippen LogP contribution >= 0.6 is 15.9 Å². The van der Waals surface area contributed by atoms with Crippen molar-refractivity contribution in [3.05, 3.63) is 93.5 Å². The Kier molecular flexibility index (Phi) is 6.96. The van der Waals surface area contributed by atoms with E-state index in [1.807, 2.05) is 0 Å². The quantitative estimate of drug-likeness (QED) is 0.252. The van der Waals surface area contributed by atoms with Gasteiger partial charge in [-0.1, -0.05) is 33.6 Å². The number of amides is 4. The number of barbiturate groups is 1. The van der Waals surface area contributed by atoms with Crippen LogP contribution in [-0.2, 0) is 19.7 Å². The van der Waals surface area contributed by atoms with Crippen LogP contribution < -0.4 is 14.4 Å². The number of hydrogen-bond donors (Lipinski definition) is 2. The number of hydrogen-bond acceptors (Lipinski definition) is 7. The summed E-state index contributed by atoms with van der Waals surface area (Å²) in [7, 11) is -4.25. The van der Waals surface area contributed by atoms with Gasteiger partial charge < -0.3 is 9.29 Å². The van der Waals surface area contributed by atoms with Gasteiger partial charge in [-0.05, 0) is 67.6 Å². The lowest BCUT2D eigenvalue weighted by molar-refractivity contribution is -0.122. The van der Waals surface area contributed by atoms with Gasteiger partial charge in [0.1, 0.15) is 16.2 Å². The minimum atomic E-state index is -4.25. The Morgan fingerprint density at radius 1 is 1.00 bits per heavy atom. The van der Waals surface area contributed by atoms with E-state index >= 15 is 0 Å². The van der Waals surface area contributed by atoms with Gasteiger partial charge in [-0.15, -0.1) is 0 Å². The molecule has 0 bridgehead atoms. The Bertz CT molecular complexity index is 1580. The third-order valence-corrected chi connectivity index (χ3v) is 7.00. The van der Waals surface area contributed by atoms with Gasteiger partial charge in [0.05, 0.1) is 11.3 Å². The summed E-state index contributed by atoms with van der Waals surface area (Å²) in [6.45, 7) is 1.80. The predicted octanol–water partition coefficient (Wildman–Crippen LogP) is 3.89. The van der Waals surface area contributed by atoms with Crippen molar-refractivity contribution in [3.63, 3.8) is 0 Å². The van der Waals surface area contributed by atoms with Gasteiger partial charge in [0.15, 0.2) is 0 Å². The molecule has 37 heavy (non-hydrogen) atoms. The number of halogens is 1. The molecule has 0 spiro atoms. The van der Waals surface area contributed by atoms with Gasteiger partial charge in [0, 0.05) is 10.0 Å². The van der Waals surface area contributed by atoms with Crippen molar-refractivity contribution in [2.24, 2.45) is 0 Å². The number of nitrogens with one attached hydrogen (secondary N) is 1. The molecule has 0 saturated carbocycles. The third kappa shape index (κ3) is 5.44. The number of carbonyl (C=O) groups excluding carboxylic acids is 3. The number of benzene rings is 3. The topological polar surface area (TPSA) is 147 Å². The molecule has 1 aliphatic rings. The lowest BCUT2D eigenvalue weighted by Crippen LogP contribution is -2.54. The van der Waals surface area contributed by atoms with Gasteiger partial charge in [0.2, 0.25) is 0 Å². The van der Waals surface area contributed by atoms with E-state index in [0.29, 0.717) is 9.37 Å². The van der Waals surface area contributed by atoms with Crippen LogP contribution in [0.3, 0.4) is 0 Å². The Labute approximate surface area is 219 Å². The summed E-state index contributed by atoms with van der Waals surface area (Å²) in [5.41, 5.74) is 0.410. The van der Waals surface area contributed by atoms with E-state index in [1.165, 1.54) is 54.6 Å². The molecule has 1 heterocycles. The molecule has 2 N–H and O–H groups in total. The number of carboxylic acids is 1. The normalized spacial score (nSPS) is 15.0. The van der Waals surface area contributed by atoms with Gasteiger partial charge in [-0.2, -0.15) is 8.42 Å². The number of carboxylic acid groups (broad SMARTS) is 1. The van der Waals surface area contributed by atoms with Crippen molar-refractivity contribution in [3.8, 4) is 5.75 Å². The Morgan fingerprint density at radius 2 is 1.65 bits per heavy atom. The van der Waals surface area contributed by atoms with Crippen LogP contribution in [0.25, 0.3) is 6.08 Å². The summed E-state index contributed by atoms with van der Waals surface area (Å²) >= 11 is 3.27. The van der Waals surface area contributed by atoms with E-state index in [2.05, 4.69) is 21.2 Å². The molecule has 188 valence electrons. The number of nitrogens with zero attached hydrogens (tertiary/aromatic N) is 1. The fourth-order valence-corrected chi connectivity index (χ4v) is 4.71. The molecule has 0 atom stereocenters. The van der Waals surface area contributed by atoms with E-state index in [4.69, 9.17) is 9.29 Å². The van der Waals surface area contributed by atoms with Crippen LogP contribution in [0, 0.1) is 6.92 Å². The number of rotatable bonds is 6. The maximum atomic E-state index is 13.2. The molecule has 0 aromatic heterocycles. The average Bonchev–Trinajstić information content (AvgIpc) is 2.83. The lowest BCUT2D eigenvalue weighted by Gasteiger charge is -2.26. The highest BCUT2D eigenvalue weighted by molar-refractivity contribution is 9.10. The monoisotopic (exact) mass is 584 g/mol. The van der Waals surface area contributed by atoms with E-state index in [9.17, 15) is 27.6 Å². The predicted molar refractivity (Wildman–Crippen MR) is 136 cm³/mol. The highest BCUT2D eigenvalue weighted by atomic mass is 79.9. The minimum absolute atomic E-state index is 0.0264. The SMILES string of the molecule is Cc1ccc(S(=O)(=O)Oc2ccc(Br)cc2/C=C2\C(=O)NC(=O)N(c3ccc(C(=O)O)cc3)C2=O)cc1. The summed E-state index contributed by atoms with van der Waals surface area (Å²) in [4.78, 5) is 49.9. The second-order valence-corrected chi connectivity index (χ2v) is 10.3. The molecule has 1 saturated heterocycles. The Balaban J connectivity index is 1.72. The number of anilines is 1. The summed E-state index contributed by atoms with van der Waals surface area (Å²) < 4.78 is 31.5. The summed E-state index contributed by atoms with van der Waals surface area (Å²) in [5, 5.41) is 11.1. The zero-order valence-corrected chi connectivity index (χ0v) is 21.4. The first-order valence-corrected chi connectivity index (χ1v) is 12.7. The van der Waals surface area contributed by atoms with Crippen LogP contribution in [0.2, 0.25) is 0 Å². The van der Waals surface area contributed by atoms with Crippen LogP contribution in [0.1, 0.15) is 21.5 Å². The molecule has 4 rings (SSSR count). The Morgan fingerprint density at radius 3 is 2.27 bits per heavy atom.